The van der Waals surface area contributed by atoms with E-state index in [4.69, 9.17) is 4.74 Å². The molecule has 0 unspecified atom stereocenters. The van der Waals surface area contributed by atoms with Crippen molar-refractivity contribution in [1.29, 1.82) is 0 Å². The third kappa shape index (κ3) is 3.68. The average Bonchev–Trinajstić information content (AvgIpc) is 2.74. The Bertz CT molecular complexity index is 1030. The Morgan fingerprint density at radius 3 is 2.45 bits per heavy atom. The van der Waals surface area contributed by atoms with Gasteiger partial charge in [-0.3, -0.25) is 0 Å². The Balaban J connectivity index is 1.55. The van der Waals surface area contributed by atoms with E-state index in [1.165, 1.54) is 0 Å². The number of fused-ring (bicyclic) bond motifs is 1. The minimum atomic E-state index is -1.25. The molecule has 0 spiro atoms. The van der Waals surface area contributed by atoms with Crippen LogP contribution in [0.4, 0.5) is 11.6 Å². The Labute approximate surface area is 169 Å². The molecule has 29 heavy (non-hydrogen) atoms. The molecule has 7 nitrogen and oxygen atoms in total. The highest BCUT2D eigenvalue weighted by Crippen LogP contribution is 2.34. The number of ether oxygens (including phenoxy) is 1. The van der Waals surface area contributed by atoms with E-state index < -0.39 is 11.6 Å². The van der Waals surface area contributed by atoms with E-state index in [0.717, 1.165) is 22.4 Å². The van der Waals surface area contributed by atoms with Gasteiger partial charge in [0.25, 0.3) is 0 Å². The van der Waals surface area contributed by atoms with Crippen LogP contribution in [0.1, 0.15) is 12.8 Å². The van der Waals surface area contributed by atoms with Crippen LogP contribution < -0.4 is 14.5 Å². The van der Waals surface area contributed by atoms with Crippen LogP contribution in [0.5, 0.6) is 5.75 Å². The van der Waals surface area contributed by atoms with Gasteiger partial charge in [0.2, 0.25) is 5.60 Å². The summed E-state index contributed by atoms with van der Waals surface area (Å²) in [5.41, 5.74) is -1.25. The molecule has 0 saturated carbocycles. The molecule has 1 aliphatic rings. The molecule has 150 valence electrons. The molecule has 1 saturated heterocycles. The summed E-state index contributed by atoms with van der Waals surface area (Å²) in [7, 11) is 3.84. The number of aromatic nitrogens is 2. The summed E-state index contributed by atoms with van der Waals surface area (Å²) in [5.74, 6) is 1.18. The van der Waals surface area contributed by atoms with Crippen LogP contribution >= 0.6 is 0 Å². The number of aliphatic carboxylic acids is 1. The number of carboxylic acids is 1. The third-order valence-electron chi connectivity index (χ3n) is 5.38. The normalized spacial score (nSPS) is 15.9. The number of nitrogens with zero attached hydrogens (tertiary/aromatic N) is 4. The minimum absolute atomic E-state index is 0.360. The fourth-order valence-electron chi connectivity index (χ4n) is 3.76. The molecule has 2 aromatic carbocycles. The monoisotopic (exact) mass is 392 g/mol. The zero-order valence-electron chi connectivity index (χ0n) is 16.6. The lowest BCUT2D eigenvalue weighted by Gasteiger charge is -2.39. The first-order valence-electron chi connectivity index (χ1n) is 9.63. The second-order valence-electron chi connectivity index (χ2n) is 7.50. The van der Waals surface area contributed by atoms with Gasteiger partial charge in [0, 0.05) is 52.4 Å². The van der Waals surface area contributed by atoms with Crippen molar-refractivity contribution in [1.82, 2.24) is 9.97 Å². The lowest BCUT2D eigenvalue weighted by Crippen LogP contribution is -2.53. The SMILES string of the molecule is CN(C)c1nccnc1N1CCC(Oc2ccc3ccccc3c2)(C(=O)O)CC1. The molecule has 4 rings (SSSR count). The minimum Gasteiger partial charge on any atom is -0.478 e. The standard InChI is InChI=1S/C22H24N4O3/c1-25(2)19-20(24-12-11-23-19)26-13-9-22(10-14-26,21(27)28)29-18-8-7-16-5-3-4-6-17(16)15-18/h3-8,11-12,15H,9-10,13-14H2,1-2H3,(H,27,28). The fraction of sp³-hybridized carbons (Fsp3) is 0.318. The van der Waals surface area contributed by atoms with E-state index in [-0.39, 0.29) is 0 Å². The van der Waals surface area contributed by atoms with Crippen LogP contribution in [0.3, 0.4) is 0 Å². The largest absolute Gasteiger partial charge is 0.478 e. The molecule has 0 amide bonds. The zero-order valence-corrected chi connectivity index (χ0v) is 16.6. The number of hydrogen-bond acceptors (Lipinski definition) is 6. The van der Waals surface area contributed by atoms with Crippen molar-refractivity contribution in [3.63, 3.8) is 0 Å². The Hall–Kier alpha value is -3.35. The van der Waals surface area contributed by atoms with Crippen LogP contribution in [-0.4, -0.2) is 53.8 Å². The fourth-order valence-corrected chi connectivity index (χ4v) is 3.76. The number of carboxylic acid groups (broad SMARTS) is 1. The van der Waals surface area contributed by atoms with Gasteiger partial charge in [-0.1, -0.05) is 30.3 Å². The van der Waals surface area contributed by atoms with Crippen molar-refractivity contribution in [3.8, 4) is 5.75 Å². The van der Waals surface area contributed by atoms with Crippen molar-refractivity contribution >= 4 is 28.4 Å². The van der Waals surface area contributed by atoms with E-state index in [1.54, 1.807) is 12.4 Å². The van der Waals surface area contributed by atoms with Gasteiger partial charge in [-0.05, 0) is 22.9 Å². The average molecular weight is 392 g/mol. The Kier molecular flexibility index (Phi) is 4.96. The van der Waals surface area contributed by atoms with Crippen LogP contribution in [0, 0.1) is 0 Å². The van der Waals surface area contributed by atoms with Gasteiger partial charge in [0.15, 0.2) is 11.6 Å². The van der Waals surface area contributed by atoms with Crippen LogP contribution in [-0.2, 0) is 4.79 Å². The molecule has 1 fully saturated rings. The number of benzene rings is 2. The van der Waals surface area contributed by atoms with Gasteiger partial charge in [-0.2, -0.15) is 0 Å². The van der Waals surface area contributed by atoms with E-state index in [1.807, 2.05) is 61.5 Å². The highest BCUT2D eigenvalue weighted by atomic mass is 16.5. The lowest BCUT2D eigenvalue weighted by atomic mass is 9.91. The third-order valence-corrected chi connectivity index (χ3v) is 5.38. The highest BCUT2D eigenvalue weighted by molar-refractivity contribution is 5.84. The van der Waals surface area contributed by atoms with Crippen molar-refractivity contribution < 1.29 is 14.6 Å². The van der Waals surface area contributed by atoms with Gasteiger partial charge >= 0.3 is 5.97 Å². The molecular weight excluding hydrogens is 368 g/mol. The summed E-state index contributed by atoms with van der Waals surface area (Å²) >= 11 is 0. The van der Waals surface area contributed by atoms with Crippen LogP contribution in [0.15, 0.2) is 54.9 Å². The van der Waals surface area contributed by atoms with E-state index in [2.05, 4.69) is 14.9 Å². The number of carbonyl (C=O) groups is 1. The molecule has 0 aliphatic carbocycles. The quantitative estimate of drug-likeness (QED) is 0.714. The maximum absolute atomic E-state index is 12.2. The van der Waals surface area contributed by atoms with E-state index >= 15 is 0 Å². The molecule has 0 radical (unpaired) electrons. The molecule has 0 bridgehead atoms. The van der Waals surface area contributed by atoms with E-state index in [0.29, 0.717) is 31.7 Å². The van der Waals surface area contributed by atoms with Crippen molar-refractivity contribution in [2.24, 2.45) is 0 Å². The first-order valence-corrected chi connectivity index (χ1v) is 9.63. The molecule has 1 aliphatic heterocycles. The summed E-state index contributed by atoms with van der Waals surface area (Å²) in [5, 5.41) is 12.1. The zero-order chi connectivity index (χ0) is 20.4. The second-order valence-corrected chi connectivity index (χ2v) is 7.50. The summed E-state index contributed by atoms with van der Waals surface area (Å²) in [6.45, 7) is 1.05. The van der Waals surface area contributed by atoms with Gasteiger partial charge in [0.1, 0.15) is 5.75 Å². The van der Waals surface area contributed by atoms with Crippen LogP contribution in [0.2, 0.25) is 0 Å². The molecular formula is C22H24N4O3. The molecule has 1 N–H and O–H groups in total. The number of hydrogen-bond donors (Lipinski definition) is 1. The van der Waals surface area contributed by atoms with Crippen molar-refractivity contribution in [2.75, 3.05) is 37.0 Å². The lowest BCUT2D eigenvalue weighted by molar-refractivity contribution is -0.157. The van der Waals surface area contributed by atoms with Crippen LogP contribution in [0.25, 0.3) is 10.8 Å². The second kappa shape index (κ2) is 7.58. The first kappa shape index (κ1) is 19.0. The Morgan fingerprint density at radius 2 is 1.76 bits per heavy atom. The van der Waals surface area contributed by atoms with Gasteiger partial charge in [-0.15, -0.1) is 0 Å². The smallest absolute Gasteiger partial charge is 0.348 e. The topological polar surface area (TPSA) is 78.8 Å². The molecule has 0 atom stereocenters. The summed E-state index contributed by atoms with van der Waals surface area (Å²) in [4.78, 5) is 25.0. The molecule has 7 heteroatoms. The number of rotatable bonds is 5. The predicted octanol–water partition coefficient (Wildman–Crippen LogP) is 3.20. The maximum atomic E-state index is 12.2. The van der Waals surface area contributed by atoms with Gasteiger partial charge < -0.3 is 19.6 Å². The number of anilines is 2. The predicted molar refractivity (Wildman–Crippen MR) is 113 cm³/mol. The molecule has 1 aromatic heterocycles. The first-order chi connectivity index (χ1) is 14.0. The van der Waals surface area contributed by atoms with Crippen molar-refractivity contribution in [2.45, 2.75) is 18.4 Å². The van der Waals surface area contributed by atoms with Gasteiger partial charge in [0.05, 0.1) is 0 Å². The molecule has 2 heterocycles. The summed E-state index contributed by atoms with van der Waals surface area (Å²) in [6.07, 6.45) is 4.04. The maximum Gasteiger partial charge on any atom is 0.348 e. The summed E-state index contributed by atoms with van der Waals surface area (Å²) < 4.78 is 6.10. The van der Waals surface area contributed by atoms with E-state index in [9.17, 15) is 9.90 Å². The Morgan fingerprint density at radius 1 is 1.07 bits per heavy atom. The number of piperidine rings is 1. The van der Waals surface area contributed by atoms with Gasteiger partial charge in [-0.25, -0.2) is 14.8 Å². The molecule has 3 aromatic rings. The summed E-state index contributed by atoms with van der Waals surface area (Å²) in [6, 6.07) is 13.7. The van der Waals surface area contributed by atoms with Crippen molar-refractivity contribution in [3.05, 3.63) is 54.9 Å². The highest BCUT2D eigenvalue weighted by Gasteiger charge is 2.44.